The Balaban J connectivity index is 2.77. The summed E-state index contributed by atoms with van der Waals surface area (Å²) in [5.74, 6) is -0.377. The van der Waals surface area contributed by atoms with Crippen LogP contribution in [0.25, 0.3) is 0 Å². The fraction of sp³-hybridized carbons (Fsp3) is 0.222. The Morgan fingerprint density at radius 1 is 1.62 bits per heavy atom. The van der Waals surface area contributed by atoms with Crippen LogP contribution in [0.3, 0.4) is 0 Å². The van der Waals surface area contributed by atoms with Crippen molar-refractivity contribution >= 4 is 23.3 Å². The molecule has 2 rings (SSSR count). The zero-order valence-electron chi connectivity index (χ0n) is 7.06. The molecule has 68 valence electrons. The van der Waals surface area contributed by atoms with Crippen molar-refractivity contribution < 1.29 is 9.53 Å². The van der Waals surface area contributed by atoms with Gasteiger partial charge in [-0.2, -0.15) is 0 Å². The fourth-order valence-electron chi connectivity index (χ4n) is 1.42. The van der Waals surface area contributed by atoms with Gasteiger partial charge in [-0.15, -0.1) is 0 Å². The third kappa shape index (κ3) is 1.08. The van der Waals surface area contributed by atoms with Gasteiger partial charge in [-0.3, -0.25) is 0 Å². The lowest BCUT2D eigenvalue weighted by Gasteiger charge is -2.05. The molecule has 0 saturated carbocycles. The smallest absolute Gasteiger partial charge is 0.341 e. The van der Waals surface area contributed by atoms with Gasteiger partial charge in [0, 0.05) is 16.3 Å². The minimum absolute atomic E-state index is 0.234. The fourth-order valence-corrected chi connectivity index (χ4v) is 1.73. The number of cyclic esters (lactones) is 1. The summed E-state index contributed by atoms with van der Waals surface area (Å²) in [5.41, 5.74) is 8.15. The zero-order valence-corrected chi connectivity index (χ0v) is 7.81. The minimum Gasteiger partial charge on any atom is -0.457 e. The average Bonchev–Trinajstić information content (AvgIpc) is 2.44. The van der Waals surface area contributed by atoms with Crippen LogP contribution in [0.5, 0.6) is 0 Å². The van der Waals surface area contributed by atoms with E-state index in [9.17, 15) is 4.79 Å². The van der Waals surface area contributed by atoms with E-state index in [1.807, 2.05) is 6.92 Å². The lowest BCUT2D eigenvalue weighted by molar-refractivity contribution is 0.0536. The van der Waals surface area contributed by atoms with E-state index >= 15 is 0 Å². The maximum absolute atomic E-state index is 11.2. The van der Waals surface area contributed by atoms with Gasteiger partial charge in [0.05, 0.1) is 5.56 Å². The Kier molecular flexibility index (Phi) is 1.70. The maximum atomic E-state index is 11.2. The predicted octanol–water partition coefficient (Wildman–Crippen LogP) is 1.90. The lowest BCUT2D eigenvalue weighted by Crippen LogP contribution is -2.02. The topological polar surface area (TPSA) is 52.3 Å². The van der Waals surface area contributed by atoms with Crippen LogP contribution < -0.4 is 5.73 Å². The molecule has 0 unspecified atom stereocenters. The summed E-state index contributed by atoms with van der Waals surface area (Å²) in [4.78, 5) is 11.2. The minimum atomic E-state index is -0.377. The first kappa shape index (κ1) is 8.38. The Hall–Kier alpha value is -1.22. The van der Waals surface area contributed by atoms with Crippen LogP contribution in [0.2, 0.25) is 5.02 Å². The summed E-state index contributed by atoms with van der Waals surface area (Å²) in [6, 6.07) is 1.75. The highest BCUT2D eigenvalue weighted by Gasteiger charge is 2.27. The molecule has 1 aliphatic heterocycles. The molecule has 0 aromatic heterocycles. The third-order valence-electron chi connectivity index (χ3n) is 2.18. The van der Waals surface area contributed by atoms with E-state index in [2.05, 4.69) is 0 Å². The number of nitrogens with two attached hydrogens (primary N) is 1. The summed E-state index contributed by atoms with van der Waals surface area (Å²) in [5, 5.41) is 0.549. The van der Waals surface area contributed by atoms with Gasteiger partial charge in [0.25, 0.3) is 0 Å². The maximum Gasteiger partial charge on any atom is 0.341 e. The highest BCUT2D eigenvalue weighted by Crippen LogP contribution is 2.33. The molecule has 2 N–H and O–H groups in total. The average molecular weight is 198 g/mol. The lowest BCUT2D eigenvalue weighted by atomic mass is 10.0. The van der Waals surface area contributed by atoms with Crippen molar-refractivity contribution in [2.24, 2.45) is 0 Å². The molecule has 4 heteroatoms. The molecule has 0 atom stereocenters. The number of carbonyl (C=O) groups excluding carboxylic acids is 1. The summed E-state index contributed by atoms with van der Waals surface area (Å²) < 4.78 is 4.84. The van der Waals surface area contributed by atoms with Gasteiger partial charge in [0.15, 0.2) is 0 Å². The van der Waals surface area contributed by atoms with Crippen molar-refractivity contribution in [3.63, 3.8) is 0 Å². The van der Waals surface area contributed by atoms with Crippen molar-refractivity contribution in [3.8, 4) is 0 Å². The van der Waals surface area contributed by atoms with Gasteiger partial charge in [-0.1, -0.05) is 11.6 Å². The molecule has 0 radical (unpaired) electrons. The number of ether oxygens (including phenoxy) is 1. The van der Waals surface area contributed by atoms with Crippen LogP contribution in [-0.4, -0.2) is 5.97 Å². The molecule has 13 heavy (non-hydrogen) atoms. The van der Waals surface area contributed by atoms with Crippen LogP contribution in [0.1, 0.15) is 21.5 Å². The molecule has 0 bridgehead atoms. The van der Waals surface area contributed by atoms with Gasteiger partial charge < -0.3 is 10.5 Å². The second-order valence-electron chi connectivity index (χ2n) is 3.02. The van der Waals surface area contributed by atoms with Crippen molar-refractivity contribution in [1.29, 1.82) is 0 Å². The monoisotopic (exact) mass is 197 g/mol. The molecule has 0 amide bonds. The Labute approximate surface area is 80.4 Å². The first-order valence-electron chi connectivity index (χ1n) is 3.86. The quantitative estimate of drug-likeness (QED) is 0.511. The molecule has 0 spiro atoms. The summed E-state index contributed by atoms with van der Waals surface area (Å²) in [6.45, 7) is 2.05. The molecule has 1 heterocycles. The highest BCUT2D eigenvalue weighted by molar-refractivity contribution is 6.32. The van der Waals surface area contributed by atoms with E-state index in [-0.39, 0.29) is 12.6 Å². The number of benzene rings is 1. The molecule has 0 aliphatic carbocycles. The standard InChI is InChI=1S/C9H8ClNO2/c1-4-2-6(10)5-3-13-9(12)7(5)8(4)11/h2H,3,11H2,1H3. The predicted molar refractivity (Wildman–Crippen MR) is 49.7 cm³/mol. The van der Waals surface area contributed by atoms with E-state index in [4.69, 9.17) is 22.1 Å². The van der Waals surface area contributed by atoms with E-state index in [0.29, 0.717) is 21.8 Å². The molecule has 1 aromatic rings. The number of halogens is 1. The summed E-state index contributed by atoms with van der Waals surface area (Å²) in [6.07, 6.45) is 0. The second-order valence-corrected chi connectivity index (χ2v) is 3.43. The molecular weight excluding hydrogens is 190 g/mol. The summed E-state index contributed by atoms with van der Waals surface area (Å²) in [7, 11) is 0. The largest absolute Gasteiger partial charge is 0.457 e. The van der Waals surface area contributed by atoms with E-state index in [1.165, 1.54) is 0 Å². The van der Waals surface area contributed by atoms with Crippen molar-refractivity contribution in [3.05, 3.63) is 27.8 Å². The number of hydrogen-bond acceptors (Lipinski definition) is 3. The molecule has 0 saturated heterocycles. The van der Waals surface area contributed by atoms with Gasteiger partial charge in [0.1, 0.15) is 6.61 Å². The van der Waals surface area contributed by atoms with Crippen LogP contribution in [-0.2, 0) is 11.3 Å². The highest BCUT2D eigenvalue weighted by atomic mass is 35.5. The number of nitrogen functional groups attached to an aromatic ring is 1. The van der Waals surface area contributed by atoms with E-state index < -0.39 is 0 Å². The number of anilines is 1. The Morgan fingerprint density at radius 2 is 2.31 bits per heavy atom. The normalized spacial score (nSPS) is 14.2. The van der Waals surface area contributed by atoms with Crippen LogP contribution in [0.4, 0.5) is 5.69 Å². The molecular formula is C9H8ClNO2. The second kappa shape index (κ2) is 2.64. The van der Waals surface area contributed by atoms with Crippen LogP contribution in [0.15, 0.2) is 6.07 Å². The van der Waals surface area contributed by atoms with Crippen molar-refractivity contribution in [2.75, 3.05) is 5.73 Å². The third-order valence-corrected chi connectivity index (χ3v) is 2.52. The Morgan fingerprint density at radius 3 is 3.00 bits per heavy atom. The van der Waals surface area contributed by atoms with Crippen LogP contribution >= 0.6 is 11.6 Å². The van der Waals surface area contributed by atoms with E-state index in [1.54, 1.807) is 6.07 Å². The number of fused-ring (bicyclic) bond motifs is 1. The summed E-state index contributed by atoms with van der Waals surface area (Å²) >= 11 is 5.92. The first-order chi connectivity index (χ1) is 6.11. The molecule has 1 aliphatic rings. The van der Waals surface area contributed by atoms with Gasteiger partial charge in [0.2, 0.25) is 0 Å². The van der Waals surface area contributed by atoms with E-state index in [0.717, 1.165) is 5.56 Å². The molecule has 1 aromatic carbocycles. The number of carbonyl (C=O) groups is 1. The molecule has 3 nitrogen and oxygen atoms in total. The first-order valence-corrected chi connectivity index (χ1v) is 4.23. The number of aryl methyl sites for hydroxylation is 1. The van der Waals surface area contributed by atoms with Gasteiger partial charge >= 0.3 is 5.97 Å². The SMILES string of the molecule is Cc1cc(Cl)c2c(c1N)C(=O)OC2. The molecule has 0 fully saturated rings. The zero-order chi connectivity index (χ0) is 9.59. The number of hydrogen-bond donors (Lipinski definition) is 1. The van der Waals surface area contributed by atoms with Crippen molar-refractivity contribution in [2.45, 2.75) is 13.5 Å². The van der Waals surface area contributed by atoms with Crippen molar-refractivity contribution in [1.82, 2.24) is 0 Å². The number of rotatable bonds is 0. The Bertz CT molecular complexity index is 401. The van der Waals surface area contributed by atoms with Crippen LogP contribution in [0, 0.1) is 6.92 Å². The van der Waals surface area contributed by atoms with Gasteiger partial charge in [-0.05, 0) is 18.6 Å². The number of esters is 1. The van der Waals surface area contributed by atoms with Gasteiger partial charge in [-0.25, -0.2) is 4.79 Å².